The Hall–Kier alpha value is -0.590. The van der Waals surface area contributed by atoms with Crippen molar-refractivity contribution in [2.45, 2.75) is 19.4 Å². The lowest BCUT2D eigenvalue weighted by Crippen LogP contribution is -2.50. The van der Waals surface area contributed by atoms with E-state index < -0.39 is 0 Å². The topological polar surface area (TPSA) is 39.1 Å². The zero-order chi connectivity index (χ0) is 8.10. The third-order valence-corrected chi connectivity index (χ3v) is 2.01. The van der Waals surface area contributed by atoms with Gasteiger partial charge < -0.3 is 5.32 Å². The Morgan fingerprint density at radius 1 is 1.73 bits per heavy atom. The number of nitrogens with zero attached hydrogens (tertiary/aromatic N) is 2. The molecule has 0 spiro atoms. The number of hydrogen-bond donors (Lipinski definition) is 1. The number of nitrogens with one attached hydrogen (secondary N) is 1. The third kappa shape index (κ3) is 2.18. The van der Waals surface area contributed by atoms with Crippen LogP contribution in [0.1, 0.15) is 13.3 Å². The van der Waals surface area contributed by atoms with Crippen LogP contribution in [-0.4, -0.2) is 37.1 Å². The molecule has 1 N–H and O–H groups in total. The molecule has 0 aliphatic carbocycles. The molecule has 0 aromatic heterocycles. The maximum absolute atomic E-state index is 8.76. The first kappa shape index (κ1) is 8.51. The normalized spacial score (nSPS) is 26.4. The van der Waals surface area contributed by atoms with Crippen LogP contribution in [0.2, 0.25) is 0 Å². The summed E-state index contributed by atoms with van der Waals surface area (Å²) < 4.78 is 0. The highest BCUT2D eigenvalue weighted by Gasteiger charge is 2.19. The van der Waals surface area contributed by atoms with Crippen molar-refractivity contribution < 1.29 is 0 Å². The third-order valence-electron chi connectivity index (χ3n) is 2.01. The number of piperazine rings is 1. The van der Waals surface area contributed by atoms with Crippen molar-refractivity contribution in [3.05, 3.63) is 0 Å². The zero-order valence-corrected chi connectivity index (χ0v) is 7.01. The standard InChI is InChI=1S/C8H15N3/c1-2-4-11-5-3-10-7-8(11)6-9/h8,10H,2-5,7H2,1H3. The van der Waals surface area contributed by atoms with Gasteiger partial charge in [0, 0.05) is 19.6 Å². The van der Waals surface area contributed by atoms with Gasteiger partial charge in [0.2, 0.25) is 0 Å². The molecular formula is C8H15N3. The second-order valence-electron chi connectivity index (χ2n) is 2.88. The number of rotatable bonds is 2. The molecule has 0 saturated carbocycles. The highest BCUT2D eigenvalue weighted by atomic mass is 15.2. The smallest absolute Gasteiger partial charge is 0.110 e. The fourth-order valence-corrected chi connectivity index (χ4v) is 1.43. The van der Waals surface area contributed by atoms with Crippen LogP contribution in [-0.2, 0) is 0 Å². The molecule has 1 rings (SSSR count). The van der Waals surface area contributed by atoms with E-state index >= 15 is 0 Å². The van der Waals surface area contributed by atoms with Crippen molar-refractivity contribution in [2.75, 3.05) is 26.2 Å². The Morgan fingerprint density at radius 3 is 3.18 bits per heavy atom. The van der Waals surface area contributed by atoms with Crippen LogP contribution in [0.5, 0.6) is 0 Å². The van der Waals surface area contributed by atoms with Gasteiger partial charge >= 0.3 is 0 Å². The molecule has 0 aromatic carbocycles. The summed E-state index contributed by atoms with van der Waals surface area (Å²) in [5, 5.41) is 12.0. The Bertz CT molecular complexity index is 148. The van der Waals surface area contributed by atoms with Crippen molar-refractivity contribution in [3.8, 4) is 6.07 Å². The van der Waals surface area contributed by atoms with E-state index in [-0.39, 0.29) is 6.04 Å². The van der Waals surface area contributed by atoms with Crippen LogP contribution in [0.3, 0.4) is 0 Å². The molecule has 1 aliphatic rings. The van der Waals surface area contributed by atoms with E-state index in [2.05, 4.69) is 23.2 Å². The highest BCUT2D eigenvalue weighted by molar-refractivity contribution is 4.95. The SMILES string of the molecule is CCCN1CCNCC1C#N. The Labute approximate surface area is 68.0 Å². The highest BCUT2D eigenvalue weighted by Crippen LogP contribution is 2.02. The summed E-state index contributed by atoms with van der Waals surface area (Å²) in [5.74, 6) is 0. The lowest BCUT2D eigenvalue weighted by Gasteiger charge is -2.31. The molecule has 3 heteroatoms. The van der Waals surface area contributed by atoms with Gasteiger partial charge in [-0.2, -0.15) is 5.26 Å². The summed E-state index contributed by atoms with van der Waals surface area (Å²) in [6, 6.07) is 2.40. The summed E-state index contributed by atoms with van der Waals surface area (Å²) in [4.78, 5) is 2.25. The molecule has 0 bridgehead atoms. The Balaban J connectivity index is 2.39. The van der Waals surface area contributed by atoms with Crippen molar-refractivity contribution in [1.82, 2.24) is 10.2 Å². The summed E-state index contributed by atoms with van der Waals surface area (Å²) in [6.45, 7) is 6.08. The lowest BCUT2D eigenvalue weighted by atomic mass is 10.2. The van der Waals surface area contributed by atoms with Gasteiger partial charge in [0.15, 0.2) is 0 Å². The van der Waals surface area contributed by atoms with E-state index in [4.69, 9.17) is 5.26 Å². The van der Waals surface area contributed by atoms with E-state index in [1.54, 1.807) is 0 Å². The average Bonchev–Trinajstić information content (AvgIpc) is 2.06. The van der Waals surface area contributed by atoms with Crippen LogP contribution in [0.4, 0.5) is 0 Å². The predicted molar refractivity (Wildman–Crippen MR) is 44.1 cm³/mol. The maximum atomic E-state index is 8.76. The first-order chi connectivity index (χ1) is 5.38. The minimum absolute atomic E-state index is 0.101. The van der Waals surface area contributed by atoms with Gasteiger partial charge in [-0.3, -0.25) is 4.90 Å². The molecule has 1 unspecified atom stereocenters. The summed E-state index contributed by atoms with van der Waals surface area (Å²) in [5.41, 5.74) is 0. The quantitative estimate of drug-likeness (QED) is 0.615. The second-order valence-corrected chi connectivity index (χ2v) is 2.88. The maximum Gasteiger partial charge on any atom is 0.110 e. The van der Waals surface area contributed by atoms with E-state index in [0.717, 1.165) is 32.6 Å². The fourth-order valence-electron chi connectivity index (χ4n) is 1.43. The molecule has 62 valence electrons. The minimum Gasteiger partial charge on any atom is -0.313 e. The fraction of sp³-hybridized carbons (Fsp3) is 0.875. The molecule has 1 fully saturated rings. The molecule has 11 heavy (non-hydrogen) atoms. The molecule has 0 radical (unpaired) electrons. The first-order valence-corrected chi connectivity index (χ1v) is 4.23. The molecule has 1 saturated heterocycles. The Kier molecular flexibility index (Phi) is 3.34. The minimum atomic E-state index is 0.101. The van der Waals surface area contributed by atoms with Crippen molar-refractivity contribution in [3.63, 3.8) is 0 Å². The molecule has 1 atom stereocenters. The number of hydrogen-bond acceptors (Lipinski definition) is 3. The molecular weight excluding hydrogens is 138 g/mol. The molecule has 1 aliphatic heterocycles. The van der Waals surface area contributed by atoms with Crippen LogP contribution >= 0.6 is 0 Å². The number of nitriles is 1. The monoisotopic (exact) mass is 153 g/mol. The van der Waals surface area contributed by atoms with Gasteiger partial charge in [-0.15, -0.1) is 0 Å². The van der Waals surface area contributed by atoms with Crippen molar-refractivity contribution in [1.29, 1.82) is 5.26 Å². The second kappa shape index (κ2) is 4.32. The van der Waals surface area contributed by atoms with Crippen LogP contribution < -0.4 is 5.32 Å². The van der Waals surface area contributed by atoms with Crippen LogP contribution in [0.25, 0.3) is 0 Å². The first-order valence-electron chi connectivity index (χ1n) is 4.23. The van der Waals surface area contributed by atoms with E-state index in [9.17, 15) is 0 Å². The molecule has 1 heterocycles. The lowest BCUT2D eigenvalue weighted by molar-refractivity contribution is 0.198. The molecule has 3 nitrogen and oxygen atoms in total. The van der Waals surface area contributed by atoms with Crippen molar-refractivity contribution >= 4 is 0 Å². The van der Waals surface area contributed by atoms with E-state index in [1.165, 1.54) is 0 Å². The summed E-state index contributed by atoms with van der Waals surface area (Å²) in [7, 11) is 0. The van der Waals surface area contributed by atoms with E-state index in [1.807, 2.05) is 0 Å². The average molecular weight is 153 g/mol. The van der Waals surface area contributed by atoms with Crippen molar-refractivity contribution in [2.24, 2.45) is 0 Å². The van der Waals surface area contributed by atoms with Crippen LogP contribution in [0, 0.1) is 11.3 Å². The van der Waals surface area contributed by atoms with E-state index in [0.29, 0.717) is 0 Å². The van der Waals surface area contributed by atoms with Gasteiger partial charge in [0.25, 0.3) is 0 Å². The van der Waals surface area contributed by atoms with Gasteiger partial charge in [-0.05, 0) is 13.0 Å². The zero-order valence-electron chi connectivity index (χ0n) is 7.01. The van der Waals surface area contributed by atoms with Gasteiger partial charge in [0.1, 0.15) is 6.04 Å². The molecule has 0 amide bonds. The predicted octanol–water partition coefficient (Wildman–Crippen LogP) is 0.194. The summed E-state index contributed by atoms with van der Waals surface area (Å²) >= 11 is 0. The largest absolute Gasteiger partial charge is 0.313 e. The van der Waals surface area contributed by atoms with Gasteiger partial charge in [0.05, 0.1) is 6.07 Å². The Morgan fingerprint density at radius 2 is 2.55 bits per heavy atom. The van der Waals surface area contributed by atoms with Crippen LogP contribution in [0.15, 0.2) is 0 Å². The van der Waals surface area contributed by atoms with Gasteiger partial charge in [-0.25, -0.2) is 0 Å². The summed E-state index contributed by atoms with van der Waals surface area (Å²) in [6.07, 6.45) is 1.14. The van der Waals surface area contributed by atoms with Gasteiger partial charge in [-0.1, -0.05) is 6.92 Å². The molecule has 0 aromatic rings.